The Labute approximate surface area is 118 Å². The Kier molecular flexibility index (Phi) is 6.36. The summed E-state index contributed by atoms with van der Waals surface area (Å²) < 4.78 is 0. The zero-order valence-electron chi connectivity index (χ0n) is 10.8. The van der Waals surface area contributed by atoms with Crippen LogP contribution in [0, 0.1) is 0 Å². The molecule has 0 fully saturated rings. The number of nitrogens with two attached hydrogens (primary N) is 1. The van der Waals surface area contributed by atoms with Crippen molar-refractivity contribution in [1.29, 1.82) is 0 Å². The molecule has 102 valence electrons. The average Bonchev–Trinajstić information content (AvgIpc) is 2.43. The number of halogens is 1. The molecule has 0 saturated heterocycles. The molecule has 19 heavy (non-hydrogen) atoms. The number of rotatable bonds is 2. The van der Waals surface area contributed by atoms with Gasteiger partial charge in [-0.3, -0.25) is 0 Å². The maximum atomic E-state index is 10.2. The van der Waals surface area contributed by atoms with Crippen molar-refractivity contribution in [3.05, 3.63) is 64.7 Å². The fourth-order valence-corrected chi connectivity index (χ4v) is 1.78. The molecule has 0 amide bonds. The van der Waals surface area contributed by atoms with Gasteiger partial charge in [-0.15, -0.1) is 0 Å². The van der Waals surface area contributed by atoms with Gasteiger partial charge in [-0.2, -0.15) is 0 Å². The first-order valence-electron chi connectivity index (χ1n) is 5.99. The van der Waals surface area contributed by atoms with Gasteiger partial charge in [-0.05, 0) is 30.7 Å². The van der Waals surface area contributed by atoms with E-state index in [2.05, 4.69) is 0 Å². The molecule has 4 heteroatoms. The van der Waals surface area contributed by atoms with Gasteiger partial charge in [-0.25, -0.2) is 0 Å². The van der Waals surface area contributed by atoms with Gasteiger partial charge in [0.05, 0.1) is 0 Å². The molecule has 0 saturated carbocycles. The second-order valence-electron chi connectivity index (χ2n) is 3.90. The van der Waals surface area contributed by atoms with Crippen LogP contribution >= 0.6 is 11.6 Å². The molecule has 0 spiro atoms. The molecule has 0 aliphatic heterocycles. The third kappa shape index (κ3) is 4.56. The predicted molar refractivity (Wildman–Crippen MR) is 79.1 cm³/mol. The molecule has 1 unspecified atom stereocenters. The summed E-state index contributed by atoms with van der Waals surface area (Å²) in [6.45, 7) is 1.93. The summed E-state index contributed by atoms with van der Waals surface area (Å²) in [5, 5.41) is 18.3. The minimum Gasteiger partial charge on any atom is -0.398 e. The molecule has 0 radical (unpaired) electrons. The summed E-state index contributed by atoms with van der Waals surface area (Å²) in [7, 11) is 0. The molecular formula is C15H18ClNO2. The van der Waals surface area contributed by atoms with Gasteiger partial charge in [-0.1, -0.05) is 41.9 Å². The quantitative estimate of drug-likeness (QED) is 0.741. The first kappa shape index (κ1) is 15.5. The molecule has 1 atom stereocenters. The van der Waals surface area contributed by atoms with Gasteiger partial charge in [0.2, 0.25) is 0 Å². The van der Waals surface area contributed by atoms with Gasteiger partial charge in [0, 0.05) is 22.9 Å². The lowest BCUT2D eigenvalue weighted by Gasteiger charge is -2.14. The van der Waals surface area contributed by atoms with Crippen LogP contribution in [0.4, 0.5) is 5.69 Å². The minimum atomic E-state index is -0.736. The highest BCUT2D eigenvalue weighted by Crippen LogP contribution is 2.28. The minimum absolute atomic E-state index is 0.250. The molecule has 2 aromatic rings. The van der Waals surface area contributed by atoms with E-state index < -0.39 is 6.10 Å². The molecule has 3 nitrogen and oxygen atoms in total. The Balaban J connectivity index is 0.000000550. The maximum Gasteiger partial charge on any atom is 0.106 e. The largest absolute Gasteiger partial charge is 0.398 e. The van der Waals surface area contributed by atoms with Gasteiger partial charge in [0.1, 0.15) is 6.10 Å². The lowest BCUT2D eigenvalue weighted by Crippen LogP contribution is -2.03. The molecule has 0 bridgehead atoms. The number of benzene rings is 2. The Morgan fingerprint density at radius 1 is 1.16 bits per heavy atom. The van der Waals surface area contributed by atoms with Gasteiger partial charge in [0.25, 0.3) is 0 Å². The van der Waals surface area contributed by atoms with Crippen molar-refractivity contribution < 1.29 is 10.2 Å². The molecule has 0 aromatic heterocycles. The van der Waals surface area contributed by atoms with Crippen LogP contribution in [0.5, 0.6) is 0 Å². The zero-order valence-corrected chi connectivity index (χ0v) is 11.5. The summed E-state index contributed by atoms with van der Waals surface area (Å²) in [6, 6.07) is 14.4. The van der Waals surface area contributed by atoms with E-state index in [1.54, 1.807) is 25.1 Å². The summed E-state index contributed by atoms with van der Waals surface area (Å²) in [4.78, 5) is 0. The van der Waals surface area contributed by atoms with Crippen molar-refractivity contribution in [2.45, 2.75) is 13.0 Å². The van der Waals surface area contributed by atoms with Crippen molar-refractivity contribution in [3.8, 4) is 0 Å². The fourth-order valence-electron chi connectivity index (χ4n) is 1.60. The molecule has 0 aliphatic carbocycles. The Morgan fingerprint density at radius 2 is 1.74 bits per heavy atom. The second kappa shape index (κ2) is 7.79. The smallest absolute Gasteiger partial charge is 0.106 e. The van der Waals surface area contributed by atoms with Crippen LogP contribution in [-0.2, 0) is 0 Å². The summed E-state index contributed by atoms with van der Waals surface area (Å²) in [5.41, 5.74) is 7.79. The molecule has 0 heterocycles. The van der Waals surface area contributed by atoms with Gasteiger partial charge < -0.3 is 15.9 Å². The third-order valence-electron chi connectivity index (χ3n) is 2.46. The standard InChI is InChI=1S/C13H12ClNO.C2H6O/c14-10-6-7-12(15)11(8-10)13(16)9-4-2-1-3-5-9;1-2-3/h1-8,13,16H,15H2;3H,2H2,1H3. The van der Waals surface area contributed by atoms with Crippen LogP contribution in [-0.4, -0.2) is 16.8 Å². The van der Waals surface area contributed by atoms with Crippen LogP contribution in [0.15, 0.2) is 48.5 Å². The first-order chi connectivity index (χ1) is 9.10. The van der Waals surface area contributed by atoms with E-state index >= 15 is 0 Å². The molecular weight excluding hydrogens is 262 g/mol. The second-order valence-corrected chi connectivity index (χ2v) is 4.34. The molecule has 0 aliphatic rings. The Hall–Kier alpha value is -1.55. The van der Waals surface area contributed by atoms with E-state index in [0.29, 0.717) is 16.3 Å². The highest BCUT2D eigenvalue weighted by Gasteiger charge is 2.13. The van der Waals surface area contributed by atoms with Crippen molar-refractivity contribution >= 4 is 17.3 Å². The summed E-state index contributed by atoms with van der Waals surface area (Å²) >= 11 is 5.88. The van der Waals surface area contributed by atoms with E-state index in [-0.39, 0.29) is 6.61 Å². The number of anilines is 1. The lowest BCUT2D eigenvalue weighted by atomic mass is 10.0. The van der Waals surface area contributed by atoms with E-state index in [9.17, 15) is 5.11 Å². The SMILES string of the molecule is CCO.Nc1ccc(Cl)cc1C(O)c1ccccc1. The van der Waals surface area contributed by atoms with E-state index in [1.165, 1.54) is 0 Å². The highest BCUT2D eigenvalue weighted by molar-refractivity contribution is 6.30. The van der Waals surface area contributed by atoms with Crippen LogP contribution in [0.2, 0.25) is 5.02 Å². The number of aliphatic hydroxyl groups is 2. The monoisotopic (exact) mass is 279 g/mol. The highest BCUT2D eigenvalue weighted by atomic mass is 35.5. The molecule has 4 N–H and O–H groups in total. The molecule has 2 aromatic carbocycles. The molecule has 2 rings (SSSR count). The van der Waals surface area contributed by atoms with E-state index in [0.717, 1.165) is 5.56 Å². The summed E-state index contributed by atoms with van der Waals surface area (Å²) in [5.74, 6) is 0. The van der Waals surface area contributed by atoms with Crippen molar-refractivity contribution in [2.75, 3.05) is 12.3 Å². The predicted octanol–water partition coefficient (Wildman–Crippen LogP) is 3.00. The summed E-state index contributed by atoms with van der Waals surface area (Å²) in [6.07, 6.45) is -0.736. The average molecular weight is 280 g/mol. The first-order valence-corrected chi connectivity index (χ1v) is 6.36. The van der Waals surface area contributed by atoms with Crippen LogP contribution in [0.1, 0.15) is 24.2 Å². The van der Waals surface area contributed by atoms with Gasteiger partial charge >= 0.3 is 0 Å². The number of hydrogen-bond donors (Lipinski definition) is 3. The van der Waals surface area contributed by atoms with E-state index in [4.69, 9.17) is 22.4 Å². The normalized spacial score (nSPS) is 11.4. The number of nitrogen functional groups attached to an aromatic ring is 1. The topological polar surface area (TPSA) is 66.5 Å². The van der Waals surface area contributed by atoms with Gasteiger partial charge in [0.15, 0.2) is 0 Å². The van der Waals surface area contributed by atoms with Crippen LogP contribution < -0.4 is 5.73 Å². The fraction of sp³-hybridized carbons (Fsp3) is 0.200. The van der Waals surface area contributed by atoms with Crippen LogP contribution in [0.25, 0.3) is 0 Å². The van der Waals surface area contributed by atoms with Crippen molar-refractivity contribution in [2.24, 2.45) is 0 Å². The zero-order chi connectivity index (χ0) is 14.3. The lowest BCUT2D eigenvalue weighted by molar-refractivity contribution is 0.221. The van der Waals surface area contributed by atoms with E-state index in [1.807, 2.05) is 30.3 Å². The van der Waals surface area contributed by atoms with Crippen LogP contribution in [0.3, 0.4) is 0 Å². The number of aliphatic hydroxyl groups excluding tert-OH is 2. The Morgan fingerprint density at radius 3 is 2.32 bits per heavy atom. The van der Waals surface area contributed by atoms with Crippen molar-refractivity contribution in [1.82, 2.24) is 0 Å². The number of hydrogen-bond acceptors (Lipinski definition) is 3. The maximum absolute atomic E-state index is 10.2. The van der Waals surface area contributed by atoms with Crippen molar-refractivity contribution in [3.63, 3.8) is 0 Å². The Bertz CT molecular complexity index is 503. The third-order valence-corrected chi connectivity index (χ3v) is 2.69.